The maximum atomic E-state index is 13.4. The molecule has 1 aliphatic rings. The highest BCUT2D eigenvalue weighted by Gasteiger charge is 2.40. The maximum Gasteiger partial charge on any atom is 0.437 e. The van der Waals surface area contributed by atoms with E-state index in [2.05, 4.69) is 32.6 Å². The summed E-state index contributed by atoms with van der Waals surface area (Å²) < 4.78 is 47.0. The largest absolute Gasteiger partial charge is 0.437 e. The minimum Gasteiger partial charge on any atom is -0.378 e. The van der Waals surface area contributed by atoms with E-state index in [9.17, 15) is 18.0 Å². The van der Waals surface area contributed by atoms with Crippen molar-refractivity contribution in [1.29, 1.82) is 0 Å². The second-order valence-corrected chi connectivity index (χ2v) is 7.54. The SMILES string of the molecule is C=NN/C=C(\C)c1nc(C(=O)Nc2cn([C@H]3C[C@@H](OCC)C3)nc2C(F)(F)F)cs1. The van der Waals surface area contributed by atoms with E-state index >= 15 is 0 Å². The highest BCUT2D eigenvalue weighted by atomic mass is 32.1. The van der Waals surface area contributed by atoms with Gasteiger partial charge >= 0.3 is 6.18 Å². The van der Waals surface area contributed by atoms with Gasteiger partial charge in [0.25, 0.3) is 5.91 Å². The summed E-state index contributed by atoms with van der Waals surface area (Å²) in [7, 11) is 0. The molecule has 12 heteroatoms. The third-order valence-corrected chi connectivity index (χ3v) is 5.52. The van der Waals surface area contributed by atoms with Crippen LogP contribution in [-0.4, -0.2) is 40.1 Å². The molecule has 0 saturated heterocycles. The summed E-state index contributed by atoms with van der Waals surface area (Å²) in [6.45, 7) is 7.44. The lowest BCUT2D eigenvalue weighted by Crippen LogP contribution is -2.33. The fourth-order valence-electron chi connectivity index (χ4n) is 2.95. The van der Waals surface area contributed by atoms with E-state index in [1.807, 2.05) is 6.92 Å². The van der Waals surface area contributed by atoms with Crippen molar-refractivity contribution in [2.24, 2.45) is 5.10 Å². The van der Waals surface area contributed by atoms with Crippen LogP contribution in [0.4, 0.5) is 18.9 Å². The molecular formula is C18H21F3N6O2S. The van der Waals surface area contributed by atoms with Crippen LogP contribution in [-0.2, 0) is 10.9 Å². The van der Waals surface area contributed by atoms with Crippen molar-refractivity contribution in [3.05, 3.63) is 34.2 Å². The molecule has 0 radical (unpaired) electrons. The first-order chi connectivity index (χ1) is 14.2. The van der Waals surface area contributed by atoms with Crippen molar-refractivity contribution in [1.82, 2.24) is 20.2 Å². The van der Waals surface area contributed by atoms with Gasteiger partial charge in [-0.25, -0.2) is 4.98 Å². The van der Waals surface area contributed by atoms with E-state index in [0.29, 0.717) is 30.0 Å². The first kappa shape index (κ1) is 22.0. The summed E-state index contributed by atoms with van der Waals surface area (Å²) in [4.78, 5) is 16.6. The van der Waals surface area contributed by atoms with Crippen LogP contribution in [0.2, 0.25) is 0 Å². The average molecular weight is 442 g/mol. The quantitative estimate of drug-likeness (QED) is 0.478. The molecule has 0 spiro atoms. The molecular weight excluding hydrogens is 421 g/mol. The topological polar surface area (TPSA) is 93.4 Å². The zero-order chi connectivity index (χ0) is 21.9. The Labute approximate surface area is 174 Å². The first-order valence-corrected chi connectivity index (χ1v) is 10.0. The molecule has 2 aromatic heterocycles. The van der Waals surface area contributed by atoms with Gasteiger partial charge in [0, 0.05) is 36.7 Å². The van der Waals surface area contributed by atoms with Crippen molar-refractivity contribution < 1.29 is 22.7 Å². The number of hydrogen-bond acceptors (Lipinski definition) is 7. The smallest absolute Gasteiger partial charge is 0.378 e. The van der Waals surface area contributed by atoms with Crippen molar-refractivity contribution in [3.8, 4) is 0 Å². The Morgan fingerprint density at radius 2 is 2.23 bits per heavy atom. The molecule has 0 bridgehead atoms. The van der Waals surface area contributed by atoms with Crippen LogP contribution in [0.15, 0.2) is 22.9 Å². The van der Waals surface area contributed by atoms with E-state index in [1.54, 1.807) is 13.1 Å². The van der Waals surface area contributed by atoms with Crippen LogP contribution >= 0.6 is 11.3 Å². The lowest BCUT2D eigenvalue weighted by molar-refractivity contribution is -0.141. The summed E-state index contributed by atoms with van der Waals surface area (Å²) in [5.41, 5.74) is 1.73. The Kier molecular flexibility index (Phi) is 6.56. The van der Waals surface area contributed by atoms with Gasteiger partial charge in [0.1, 0.15) is 10.7 Å². The average Bonchev–Trinajstić information content (AvgIpc) is 3.29. The number of ether oxygens (including phenoxy) is 1. The first-order valence-electron chi connectivity index (χ1n) is 9.16. The Morgan fingerprint density at radius 1 is 1.50 bits per heavy atom. The summed E-state index contributed by atoms with van der Waals surface area (Å²) in [6, 6.07) is -0.196. The second-order valence-electron chi connectivity index (χ2n) is 6.68. The Balaban J connectivity index is 1.76. The van der Waals surface area contributed by atoms with Crippen LogP contribution in [0, 0.1) is 0 Å². The molecule has 2 aromatic rings. The number of halogens is 3. The number of carbonyl (C=O) groups is 1. The van der Waals surface area contributed by atoms with Gasteiger partial charge in [0.05, 0.1) is 17.8 Å². The molecule has 162 valence electrons. The van der Waals surface area contributed by atoms with E-state index in [-0.39, 0.29) is 17.8 Å². The predicted molar refractivity (Wildman–Crippen MR) is 107 cm³/mol. The highest BCUT2D eigenvalue weighted by Crippen LogP contribution is 2.39. The lowest BCUT2D eigenvalue weighted by Gasteiger charge is -2.34. The minimum atomic E-state index is -4.70. The number of amides is 1. The number of rotatable bonds is 8. The molecule has 2 N–H and O–H groups in total. The van der Waals surface area contributed by atoms with Crippen LogP contribution < -0.4 is 10.7 Å². The third-order valence-electron chi connectivity index (χ3n) is 4.54. The van der Waals surface area contributed by atoms with Gasteiger partial charge in [-0.2, -0.15) is 23.4 Å². The Morgan fingerprint density at radius 3 is 2.87 bits per heavy atom. The molecule has 1 amide bonds. The molecule has 1 saturated carbocycles. The number of hydrogen-bond donors (Lipinski definition) is 2. The number of aromatic nitrogens is 3. The molecule has 1 fully saturated rings. The van der Waals surface area contributed by atoms with E-state index in [0.717, 1.165) is 0 Å². The predicted octanol–water partition coefficient (Wildman–Crippen LogP) is 3.92. The Hall–Kier alpha value is -2.73. The normalized spacial score (nSPS) is 19.3. The monoisotopic (exact) mass is 442 g/mol. The minimum absolute atomic E-state index is 0.00948. The van der Waals surface area contributed by atoms with Crippen LogP contribution in [0.1, 0.15) is 53.9 Å². The summed E-state index contributed by atoms with van der Waals surface area (Å²) >= 11 is 1.19. The van der Waals surface area contributed by atoms with Gasteiger partial charge in [-0.15, -0.1) is 11.3 Å². The zero-order valence-corrected chi connectivity index (χ0v) is 17.2. The molecule has 3 rings (SSSR count). The molecule has 1 aliphatic carbocycles. The van der Waals surface area contributed by atoms with Gasteiger partial charge in [-0.05, 0) is 26.7 Å². The number of nitrogens with zero attached hydrogens (tertiary/aromatic N) is 4. The fraction of sp³-hybridized carbons (Fsp3) is 0.444. The van der Waals surface area contributed by atoms with E-state index in [4.69, 9.17) is 4.74 Å². The van der Waals surface area contributed by atoms with Crippen molar-refractivity contribution in [2.75, 3.05) is 11.9 Å². The third kappa shape index (κ3) is 4.87. The zero-order valence-electron chi connectivity index (χ0n) is 16.4. The second kappa shape index (κ2) is 8.96. The molecule has 0 unspecified atom stereocenters. The number of nitrogens with one attached hydrogen (secondary N) is 2. The van der Waals surface area contributed by atoms with Crippen molar-refractivity contribution >= 4 is 35.2 Å². The van der Waals surface area contributed by atoms with Crippen LogP contribution in [0.5, 0.6) is 0 Å². The maximum absolute atomic E-state index is 13.4. The number of thiazole rings is 1. The van der Waals surface area contributed by atoms with Gasteiger partial charge in [0.2, 0.25) is 0 Å². The highest BCUT2D eigenvalue weighted by molar-refractivity contribution is 7.11. The molecule has 8 nitrogen and oxygen atoms in total. The van der Waals surface area contributed by atoms with Crippen molar-refractivity contribution in [3.63, 3.8) is 0 Å². The summed E-state index contributed by atoms with van der Waals surface area (Å²) in [5.74, 6) is -0.744. The number of anilines is 1. The number of hydrazone groups is 1. The number of allylic oxidation sites excluding steroid dienone is 1. The van der Waals surface area contributed by atoms with E-state index < -0.39 is 23.5 Å². The van der Waals surface area contributed by atoms with Crippen molar-refractivity contribution in [2.45, 2.75) is 45.0 Å². The molecule has 0 aliphatic heterocycles. The Bertz CT molecular complexity index is 946. The number of carbonyl (C=O) groups excluding carboxylic acids is 1. The molecule has 0 atom stereocenters. The van der Waals surface area contributed by atoms with Gasteiger partial charge in [-0.1, -0.05) is 0 Å². The fourth-order valence-corrected chi connectivity index (χ4v) is 3.73. The summed E-state index contributed by atoms with van der Waals surface area (Å²) in [6.07, 6.45) is -0.762. The molecule has 30 heavy (non-hydrogen) atoms. The summed E-state index contributed by atoms with van der Waals surface area (Å²) in [5, 5.41) is 11.4. The van der Waals surface area contributed by atoms with Gasteiger partial charge < -0.3 is 10.1 Å². The number of alkyl halides is 3. The van der Waals surface area contributed by atoms with E-state index in [1.165, 1.54) is 27.6 Å². The van der Waals surface area contributed by atoms with Gasteiger partial charge in [-0.3, -0.25) is 14.9 Å². The van der Waals surface area contributed by atoms with Crippen LogP contribution in [0.25, 0.3) is 5.57 Å². The molecule has 2 heterocycles. The standard InChI is InChI=1S/C18H21F3N6O2S/c1-4-29-12-5-11(6-12)27-8-13(15(26-27)18(19,20)21)24-16(28)14-9-30-17(25-14)10(2)7-23-22-3/h7-9,11-12,23H,3-6H2,1-2H3,(H,24,28)/b10-7+/t11-,12+. The molecule has 0 aromatic carbocycles. The van der Waals surface area contributed by atoms with Crippen LogP contribution in [0.3, 0.4) is 0 Å². The lowest BCUT2D eigenvalue weighted by atomic mass is 9.89. The van der Waals surface area contributed by atoms with Gasteiger partial charge in [0.15, 0.2) is 5.69 Å².